The van der Waals surface area contributed by atoms with E-state index in [1.807, 2.05) is 48.5 Å². The summed E-state index contributed by atoms with van der Waals surface area (Å²) in [5.41, 5.74) is 1.09. The van der Waals surface area contributed by atoms with Crippen molar-refractivity contribution in [1.29, 1.82) is 0 Å². The molecule has 2 aromatic rings. The lowest BCUT2D eigenvalue weighted by atomic mass is 10.1. The average molecular weight is 306 g/mol. The topological polar surface area (TPSA) is 30.5 Å². The molecule has 0 aliphatic carbocycles. The van der Waals surface area contributed by atoms with Crippen LogP contribution >= 0.6 is 11.6 Å². The summed E-state index contributed by atoms with van der Waals surface area (Å²) in [6.45, 7) is 3.38. The smallest absolute Gasteiger partial charge is 0.161 e. The molecule has 1 unspecified atom stereocenters. The van der Waals surface area contributed by atoms with Crippen LogP contribution in [0.1, 0.15) is 18.5 Å². The number of nitrogens with one attached hydrogen (secondary N) is 1. The molecule has 0 aromatic heterocycles. The number of hydrogen-bond donors (Lipinski definition) is 1. The van der Waals surface area contributed by atoms with Crippen LogP contribution in [0.3, 0.4) is 0 Å². The Hall–Kier alpha value is -1.71. The number of methoxy groups -OCH3 is 1. The molecule has 112 valence electrons. The van der Waals surface area contributed by atoms with E-state index >= 15 is 0 Å². The normalized spacial score (nSPS) is 12.0. The molecule has 0 spiro atoms. The number of halogens is 1. The highest BCUT2D eigenvalue weighted by molar-refractivity contribution is 6.31. The summed E-state index contributed by atoms with van der Waals surface area (Å²) in [5, 5.41) is 4.18. The van der Waals surface area contributed by atoms with Crippen LogP contribution in [0.5, 0.6) is 11.5 Å². The van der Waals surface area contributed by atoms with E-state index in [4.69, 9.17) is 21.1 Å². The van der Waals surface area contributed by atoms with Gasteiger partial charge in [-0.2, -0.15) is 0 Å². The lowest BCUT2D eigenvalue weighted by Gasteiger charge is -2.16. The van der Waals surface area contributed by atoms with Crippen molar-refractivity contribution < 1.29 is 9.47 Å². The highest BCUT2D eigenvalue weighted by Gasteiger charge is 2.08. The number of ether oxygens (including phenoxy) is 2. The standard InChI is InChI=1S/C17H20ClNO2/c1-13(14-7-3-4-8-15(14)18)19-11-12-21-17-10-6-5-9-16(17)20-2/h3-10,13,19H,11-12H2,1-2H3. The molecule has 3 nitrogen and oxygen atoms in total. The van der Waals surface area contributed by atoms with Crippen LogP contribution in [0.25, 0.3) is 0 Å². The molecule has 0 fully saturated rings. The van der Waals surface area contributed by atoms with Crippen LogP contribution in [0.2, 0.25) is 5.02 Å². The van der Waals surface area contributed by atoms with Crippen molar-refractivity contribution in [2.24, 2.45) is 0 Å². The third-order valence-corrected chi connectivity index (χ3v) is 3.60. The van der Waals surface area contributed by atoms with Gasteiger partial charge in [0.1, 0.15) is 6.61 Å². The molecule has 0 bridgehead atoms. The van der Waals surface area contributed by atoms with Crippen molar-refractivity contribution >= 4 is 11.6 Å². The summed E-state index contributed by atoms with van der Waals surface area (Å²) in [6.07, 6.45) is 0. The molecule has 4 heteroatoms. The second-order valence-corrected chi connectivity index (χ2v) is 5.10. The molecule has 2 aromatic carbocycles. The van der Waals surface area contributed by atoms with Gasteiger partial charge in [-0.3, -0.25) is 0 Å². The summed E-state index contributed by atoms with van der Waals surface area (Å²) < 4.78 is 11.0. The monoisotopic (exact) mass is 305 g/mol. The van der Waals surface area contributed by atoms with Crippen LogP contribution in [0.4, 0.5) is 0 Å². The zero-order valence-electron chi connectivity index (χ0n) is 12.3. The largest absolute Gasteiger partial charge is 0.493 e. The maximum atomic E-state index is 6.18. The lowest BCUT2D eigenvalue weighted by molar-refractivity contribution is 0.288. The molecule has 2 rings (SSSR count). The SMILES string of the molecule is COc1ccccc1OCCNC(C)c1ccccc1Cl. The highest BCUT2D eigenvalue weighted by Crippen LogP contribution is 2.25. The molecule has 0 heterocycles. The van der Waals surface area contributed by atoms with Gasteiger partial charge in [-0.15, -0.1) is 0 Å². The maximum Gasteiger partial charge on any atom is 0.161 e. The number of hydrogen-bond acceptors (Lipinski definition) is 3. The summed E-state index contributed by atoms with van der Waals surface area (Å²) in [7, 11) is 1.64. The second-order valence-electron chi connectivity index (χ2n) is 4.70. The number of para-hydroxylation sites is 2. The molecule has 0 saturated carbocycles. The van der Waals surface area contributed by atoms with Crippen molar-refractivity contribution in [2.75, 3.05) is 20.3 Å². The van der Waals surface area contributed by atoms with Crippen LogP contribution in [0, 0.1) is 0 Å². The van der Waals surface area contributed by atoms with E-state index < -0.39 is 0 Å². The summed E-state index contributed by atoms with van der Waals surface area (Å²) in [4.78, 5) is 0. The molecular weight excluding hydrogens is 286 g/mol. The minimum atomic E-state index is 0.181. The first-order valence-electron chi connectivity index (χ1n) is 6.96. The van der Waals surface area contributed by atoms with Gasteiger partial charge in [-0.1, -0.05) is 41.9 Å². The van der Waals surface area contributed by atoms with Gasteiger partial charge in [0.15, 0.2) is 11.5 Å². The fraction of sp³-hybridized carbons (Fsp3) is 0.294. The van der Waals surface area contributed by atoms with E-state index in [1.165, 1.54) is 0 Å². The van der Waals surface area contributed by atoms with Gasteiger partial charge in [0, 0.05) is 17.6 Å². The van der Waals surface area contributed by atoms with E-state index in [9.17, 15) is 0 Å². The van der Waals surface area contributed by atoms with Gasteiger partial charge in [0.2, 0.25) is 0 Å². The molecular formula is C17H20ClNO2. The molecule has 0 aliphatic heterocycles. The first-order chi connectivity index (χ1) is 10.2. The van der Waals surface area contributed by atoms with Gasteiger partial charge in [0.05, 0.1) is 7.11 Å². The second kappa shape index (κ2) is 7.91. The average Bonchev–Trinajstić information content (AvgIpc) is 2.52. The van der Waals surface area contributed by atoms with E-state index in [0.717, 1.165) is 28.6 Å². The van der Waals surface area contributed by atoms with Crippen molar-refractivity contribution in [3.63, 3.8) is 0 Å². The fourth-order valence-corrected chi connectivity index (χ4v) is 2.41. The van der Waals surface area contributed by atoms with Crippen LogP contribution in [-0.2, 0) is 0 Å². The van der Waals surface area contributed by atoms with Crippen molar-refractivity contribution in [1.82, 2.24) is 5.32 Å². The first-order valence-corrected chi connectivity index (χ1v) is 7.34. The molecule has 1 atom stereocenters. The Bertz CT molecular complexity index is 574. The Morgan fingerprint density at radius 3 is 2.43 bits per heavy atom. The third kappa shape index (κ3) is 4.38. The molecule has 21 heavy (non-hydrogen) atoms. The van der Waals surface area contributed by atoms with Crippen molar-refractivity contribution in [3.8, 4) is 11.5 Å². The quantitative estimate of drug-likeness (QED) is 0.782. The fourth-order valence-electron chi connectivity index (χ4n) is 2.11. The molecule has 0 amide bonds. The van der Waals surface area contributed by atoms with Gasteiger partial charge in [-0.25, -0.2) is 0 Å². The summed E-state index contributed by atoms with van der Waals surface area (Å²) in [5.74, 6) is 1.50. The lowest BCUT2D eigenvalue weighted by Crippen LogP contribution is -2.24. The number of rotatable bonds is 7. The maximum absolute atomic E-state index is 6.18. The summed E-state index contributed by atoms with van der Waals surface area (Å²) in [6, 6.07) is 15.7. The Kier molecular flexibility index (Phi) is 5.90. The van der Waals surface area contributed by atoms with E-state index in [2.05, 4.69) is 12.2 Å². The van der Waals surface area contributed by atoms with E-state index in [-0.39, 0.29) is 6.04 Å². The summed E-state index contributed by atoms with van der Waals surface area (Å²) >= 11 is 6.18. The van der Waals surface area contributed by atoms with Gasteiger partial charge in [-0.05, 0) is 30.7 Å². The molecule has 0 saturated heterocycles. The Labute approximate surface area is 130 Å². The van der Waals surface area contributed by atoms with Crippen LogP contribution in [-0.4, -0.2) is 20.3 Å². The highest BCUT2D eigenvalue weighted by atomic mass is 35.5. The van der Waals surface area contributed by atoms with E-state index in [0.29, 0.717) is 6.61 Å². The Morgan fingerprint density at radius 1 is 1.05 bits per heavy atom. The Morgan fingerprint density at radius 2 is 1.71 bits per heavy atom. The zero-order chi connectivity index (χ0) is 15.1. The predicted molar refractivity (Wildman–Crippen MR) is 86.4 cm³/mol. The minimum Gasteiger partial charge on any atom is -0.493 e. The molecule has 0 radical (unpaired) electrons. The first kappa shape index (κ1) is 15.7. The van der Waals surface area contributed by atoms with Gasteiger partial charge >= 0.3 is 0 Å². The van der Waals surface area contributed by atoms with E-state index in [1.54, 1.807) is 7.11 Å². The number of benzene rings is 2. The van der Waals surface area contributed by atoms with Gasteiger partial charge in [0.25, 0.3) is 0 Å². The Balaban J connectivity index is 1.81. The predicted octanol–water partition coefficient (Wildman–Crippen LogP) is 4.08. The molecule has 0 aliphatic rings. The van der Waals surface area contributed by atoms with Crippen LogP contribution < -0.4 is 14.8 Å². The van der Waals surface area contributed by atoms with Crippen molar-refractivity contribution in [3.05, 3.63) is 59.1 Å². The zero-order valence-corrected chi connectivity index (χ0v) is 13.1. The van der Waals surface area contributed by atoms with Crippen molar-refractivity contribution in [2.45, 2.75) is 13.0 Å². The molecule has 1 N–H and O–H groups in total. The third-order valence-electron chi connectivity index (χ3n) is 3.25. The van der Waals surface area contributed by atoms with Gasteiger partial charge < -0.3 is 14.8 Å². The van der Waals surface area contributed by atoms with Crippen LogP contribution in [0.15, 0.2) is 48.5 Å². The minimum absolute atomic E-state index is 0.181.